The highest BCUT2D eigenvalue weighted by Gasteiger charge is 2.49. The van der Waals surface area contributed by atoms with Crippen LogP contribution in [-0.4, -0.2) is 49.6 Å². The molecule has 0 radical (unpaired) electrons. The predicted molar refractivity (Wildman–Crippen MR) is 97.9 cm³/mol. The van der Waals surface area contributed by atoms with Gasteiger partial charge in [0.25, 0.3) is 0 Å². The van der Waals surface area contributed by atoms with Gasteiger partial charge in [-0.15, -0.1) is 0 Å². The average molecular weight is 447 g/mol. The van der Waals surface area contributed by atoms with Gasteiger partial charge in [0.2, 0.25) is 0 Å². The van der Waals surface area contributed by atoms with Crippen LogP contribution in [-0.2, 0) is 9.47 Å². The summed E-state index contributed by atoms with van der Waals surface area (Å²) in [6, 6.07) is 9.12. The van der Waals surface area contributed by atoms with Gasteiger partial charge in [-0.3, -0.25) is 9.29 Å². The van der Waals surface area contributed by atoms with Gasteiger partial charge in [0.15, 0.2) is 0 Å². The molecule has 0 aromatic heterocycles. The van der Waals surface area contributed by atoms with E-state index in [1.165, 1.54) is 16.2 Å². The molecule has 2 saturated heterocycles. The van der Waals surface area contributed by atoms with Gasteiger partial charge in [-0.1, -0.05) is 12.1 Å². The largest absolute Gasteiger partial charge is 0.508 e. The quantitative estimate of drug-likeness (QED) is 0.503. The topological polar surface area (TPSA) is 38.8 Å². The fraction of sp³-hybridized carbons (Fsp3) is 0.611. The van der Waals surface area contributed by atoms with Crippen molar-refractivity contribution in [3.05, 3.63) is 33.4 Å². The number of hydrogen-bond acceptors (Lipinski definition) is 4. The van der Waals surface area contributed by atoms with Crippen molar-refractivity contribution in [1.29, 1.82) is 0 Å². The number of carbonyl (C=O) groups excluding carboxylic acids is 1. The Kier molecular flexibility index (Phi) is 5.97. The van der Waals surface area contributed by atoms with Crippen molar-refractivity contribution in [2.45, 2.75) is 49.8 Å². The maximum atomic E-state index is 12.7. The van der Waals surface area contributed by atoms with E-state index in [9.17, 15) is 9.18 Å². The summed E-state index contributed by atoms with van der Waals surface area (Å²) in [6.45, 7) is 0.403. The third kappa shape index (κ3) is 3.69. The van der Waals surface area contributed by atoms with Gasteiger partial charge in [0.1, 0.15) is 6.10 Å². The molecule has 2 aliphatic heterocycles. The molecule has 2 unspecified atom stereocenters. The summed E-state index contributed by atoms with van der Waals surface area (Å²) < 4.78 is 24.2. The van der Waals surface area contributed by atoms with Crippen molar-refractivity contribution in [3.63, 3.8) is 0 Å². The van der Waals surface area contributed by atoms with Crippen LogP contribution in [0.1, 0.15) is 37.2 Å². The van der Waals surface area contributed by atoms with Crippen molar-refractivity contribution in [2.24, 2.45) is 0 Å². The molecule has 3 rings (SSSR count). The van der Waals surface area contributed by atoms with E-state index >= 15 is 0 Å². The molecule has 0 spiro atoms. The molecule has 2 aliphatic rings. The van der Waals surface area contributed by atoms with Gasteiger partial charge in [0.05, 0.1) is 13.8 Å². The SMILES string of the molecule is COC(=O)O[C@H]1C[C@H](c2ccc(I)cc2)C2CCC1N2CCCF. The van der Waals surface area contributed by atoms with Crippen LogP contribution in [0.3, 0.4) is 0 Å². The minimum atomic E-state index is -0.628. The summed E-state index contributed by atoms with van der Waals surface area (Å²) in [7, 11) is 1.33. The summed E-state index contributed by atoms with van der Waals surface area (Å²) in [6.07, 6.45) is 2.56. The summed E-state index contributed by atoms with van der Waals surface area (Å²) in [5.74, 6) is 0.301. The number of fused-ring (bicyclic) bond motifs is 2. The number of piperidine rings is 1. The van der Waals surface area contributed by atoms with E-state index < -0.39 is 6.16 Å². The van der Waals surface area contributed by atoms with E-state index in [4.69, 9.17) is 9.47 Å². The lowest BCUT2D eigenvalue weighted by atomic mass is 9.83. The first kappa shape index (κ1) is 17.9. The molecular formula is C18H23FINO3. The first-order chi connectivity index (χ1) is 11.6. The summed E-state index contributed by atoms with van der Waals surface area (Å²) in [4.78, 5) is 14.0. The molecule has 4 atom stereocenters. The number of alkyl halides is 1. The molecule has 2 bridgehead atoms. The fourth-order valence-electron chi connectivity index (χ4n) is 4.26. The van der Waals surface area contributed by atoms with E-state index in [1.807, 2.05) is 0 Å². The van der Waals surface area contributed by atoms with Crippen molar-refractivity contribution in [3.8, 4) is 0 Å². The molecule has 132 valence electrons. The van der Waals surface area contributed by atoms with E-state index in [1.54, 1.807) is 0 Å². The second-order valence-electron chi connectivity index (χ2n) is 6.50. The molecule has 2 heterocycles. The van der Waals surface area contributed by atoms with E-state index in [2.05, 4.69) is 51.8 Å². The highest BCUT2D eigenvalue weighted by atomic mass is 127. The zero-order valence-electron chi connectivity index (χ0n) is 13.8. The summed E-state index contributed by atoms with van der Waals surface area (Å²) in [5, 5.41) is 0. The lowest BCUT2D eigenvalue weighted by molar-refractivity contribution is -0.0350. The first-order valence-electron chi connectivity index (χ1n) is 8.45. The van der Waals surface area contributed by atoms with E-state index in [0.29, 0.717) is 24.9 Å². The Morgan fingerprint density at radius 2 is 2.00 bits per heavy atom. The van der Waals surface area contributed by atoms with Gasteiger partial charge in [-0.25, -0.2) is 4.79 Å². The van der Waals surface area contributed by atoms with Crippen LogP contribution in [0.25, 0.3) is 0 Å². The van der Waals surface area contributed by atoms with Gasteiger partial charge < -0.3 is 9.47 Å². The molecule has 6 heteroatoms. The molecule has 0 aliphatic carbocycles. The van der Waals surface area contributed by atoms with Crippen molar-refractivity contribution >= 4 is 28.7 Å². The molecule has 1 aromatic rings. The number of methoxy groups -OCH3 is 1. The maximum absolute atomic E-state index is 12.7. The summed E-state index contributed by atoms with van der Waals surface area (Å²) >= 11 is 2.30. The molecule has 0 N–H and O–H groups in total. The number of halogens is 2. The molecule has 0 saturated carbocycles. The smallest absolute Gasteiger partial charge is 0.438 e. The minimum Gasteiger partial charge on any atom is -0.438 e. The van der Waals surface area contributed by atoms with Crippen LogP contribution >= 0.6 is 22.6 Å². The Bertz CT molecular complexity index is 568. The van der Waals surface area contributed by atoms with Gasteiger partial charge in [-0.05, 0) is 66.0 Å². The van der Waals surface area contributed by atoms with Gasteiger partial charge in [0, 0.05) is 28.1 Å². The normalized spacial score (nSPS) is 29.5. The minimum absolute atomic E-state index is 0.181. The van der Waals surface area contributed by atoms with Crippen molar-refractivity contribution in [1.82, 2.24) is 4.90 Å². The number of benzene rings is 1. The van der Waals surface area contributed by atoms with Gasteiger partial charge >= 0.3 is 6.16 Å². The van der Waals surface area contributed by atoms with Crippen LogP contribution in [0.4, 0.5) is 9.18 Å². The van der Waals surface area contributed by atoms with Crippen LogP contribution in [0, 0.1) is 3.57 Å². The monoisotopic (exact) mass is 447 g/mol. The number of hydrogen-bond donors (Lipinski definition) is 0. The Morgan fingerprint density at radius 1 is 1.29 bits per heavy atom. The Balaban J connectivity index is 1.84. The number of ether oxygens (including phenoxy) is 2. The molecule has 0 amide bonds. The standard InChI is InChI=1S/C18H23FINO3/c1-23-18(22)24-17-11-14(12-3-5-13(20)6-4-12)15-7-8-16(17)21(15)10-2-9-19/h3-6,14-17H,2,7-11H2,1H3/t14-,15?,16?,17+/m1/s1. The number of rotatable bonds is 5. The second-order valence-corrected chi connectivity index (χ2v) is 7.74. The molecule has 1 aromatic carbocycles. The van der Waals surface area contributed by atoms with Crippen molar-refractivity contribution < 1.29 is 18.7 Å². The van der Waals surface area contributed by atoms with Crippen LogP contribution < -0.4 is 0 Å². The lowest BCUT2D eigenvalue weighted by Gasteiger charge is -2.44. The predicted octanol–water partition coefficient (Wildman–Crippen LogP) is 4.12. The summed E-state index contributed by atoms with van der Waals surface area (Å²) in [5.41, 5.74) is 1.27. The van der Waals surface area contributed by atoms with Crippen LogP contribution in [0.5, 0.6) is 0 Å². The molecule has 24 heavy (non-hydrogen) atoms. The van der Waals surface area contributed by atoms with Crippen molar-refractivity contribution in [2.75, 3.05) is 20.3 Å². The van der Waals surface area contributed by atoms with E-state index in [-0.39, 0.29) is 18.8 Å². The van der Waals surface area contributed by atoms with Crippen LogP contribution in [0.15, 0.2) is 24.3 Å². The highest BCUT2D eigenvalue weighted by molar-refractivity contribution is 14.1. The zero-order chi connectivity index (χ0) is 17.1. The third-order valence-corrected chi connectivity index (χ3v) is 5.97. The molecular weight excluding hydrogens is 424 g/mol. The highest BCUT2D eigenvalue weighted by Crippen LogP contribution is 2.45. The Labute approximate surface area is 155 Å². The fourth-order valence-corrected chi connectivity index (χ4v) is 4.62. The average Bonchev–Trinajstić information content (AvgIpc) is 2.92. The lowest BCUT2D eigenvalue weighted by Crippen LogP contribution is -2.52. The number of carbonyl (C=O) groups is 1. The molecule has 2 fully saturated rings. The Hall–Kier alpha value is -0.890. The second kappa shape index (κ2) is 7.99. The number of nitrogens with zero attached hydrogens (tertiary/aromatic N) is 1. The van der Waals surface area contributed by atoms with E-state index in [0.717, 1.165) is 19.3 Å². The van der Waals surface area contributed by atoms with Crippen LogP contribution in [0.2, 0.25) is 0 Å². The third-order valence-electron chi connectivity index (χ3n) is 5.25. The van der Waals surface area contributed by atoms with Gasteiger partial charge in [-0.2, -0.15) is 0 Å². The molecule has 4 nitrogen and oxygen atoms in total. The maximum Gasteiger partial charge on any atom is 0.508 e. The Morgan fingerprint density at radius 3 is 2.67 bits per heavy atom. The first-order valence-corrected chi connectivity index (χ1v) is 9.53. The zero-order valence-corrected chi connectivity index (χ0v) is 15.9.